The quantitative estimate of drug-likeness (QED) is 0.441. The van der Waals surface area contributed by atoms with Gasteiger partial charge in [-0.05, 0) is 55.3 Å². The van der Waals surface area contributed by atoms with Crippen molar-refractivity contribution in [2.45, 2.75) is 23.8 Å². The molecule has 2 N–H and O–H groups in total. The van der Waals surface area contributed by atoms with Gasteiger partial charge in [-0.15, -0.1) is 0 Å². The van der Waals surface area contributed by atoms with Crippen molar-refractivity contribution in [3.63, 3.8) is 0 Å². The summed E-state index contributed by atoms with van der Waals surface area (Å²) in [5.74, 6) is 0.674. The lowest BCUT2D eigenvalue weighted by Crippen LogP contribution is -2.25. The van der Waals surface area contributed by atoms with Gasteiger partial charge in [0.25, 0.3) is 11.5 Å². The molecule has 0 unspecified atom stereocenters. The van der Waals surface area contributed by atoms with Crippen LogP contribution in [0.4, 0.5) is 0 Å². The van der Waals surface area contributed by atoms with E-state index in [9.17, 15) is 18.0 Å². The maximum atomic E-state index is 12.5. The average molecular weight is 478 g/mol. The Morgan fingerprint density at radius 2 is 1.91 bits per heavy atom. The molecule has 2 heterocycles. The number of nitrogens with zero attached hydrogens (tertiary/aromatic N) is 1. The summed E-state index contributed by atoms with van der Waals surface area (Å²) in [6.07, 6.45) is 6.45. The fourth-order valence-electron chi connectivity index (χ4n) is 3.85. The van der Waals surface area contributed by atoms with Crippen LogP contribution in [0.1, 0.15) is 23.2 Å². The average Bonchev–Trinajstić information content (AvgIpc) is 3.47. The molecule has 5 rings (SSSR count). The molecule has 1 aliphatic carbocycles. The van der Waals surface area contributed by atoms with E-state index in [0.717, 1.165) is 19.1 Å². The van der Waals surface area contributed by atoms with Crippen molar-refractivity contribution in [2.24, 2.45) is 7.05 Å². The number of amides is 1. The summed E-state index contributed by atoms with van der Waals surface area (Å²) in [4.78, 5) is 28.1. The first-order chi connectivity index (χ1) is 16.2. The predicted molar refractivity (Wildman–Crippen MR) is 129 cm³/mol. The molecular formula is C25H23N3O5S. The van der Waals surface area contributed by atoms with E-state index in [1.165, 1.54) is 10.6 Å². The van der Waals surface area contributed by atoms with Crippen LogP contribution in [0, 0.1) is 0 Å². The largest absolute Gasteiger partial charge is 0.457 e. The number of sulfone groups is 1. The molecule has 1 saturated carbocycles. The van der Waals surface area contributed by atoms with E-state index in [2.05, 4.69) is 10.3 Å². The molecule has 1 aliphatic rings. The van der Waals surface area contributed by atoms with Gasteiger partial charge in [0.2, 0.25) is 0 Å². The number of ether oxygens (including phenoxy) is 1. The Hall–Kier alpha value is -3.85. The van der Waals surface area contributed by atoms with Gasteiger partial charge in [-0.3, -0.25) is 9.59 Å². The van der Waals surface area contributed by atoms with Crippen molar-refractivity contribution in [2.75, 3.05) is 6.26 Å². The smallest absolute Gasteiger partial charge is 0.274 e. The molecule has 0 aliphatic heterocycles. The SMILES string of the molecule is Cn1cc(-c2cc(S(C)(=O)=O)ccc2Oc2cccc(C(=O)NC3CC3)c2)c2cc[nH]c2c1=O. The number of pyridine rings is 1. The minimum Gasteiger partial charge on any atom is -0.457 e. The van der Waals surface area contributed by atoms with Crippen LogP contribution in [0.3, 0.4) is 0 Å². The topological polar surface area (TPSA) is 110 Å². The van der Waals surface area contributed by atoms with Crippen LogP contribution < -0.4 is 15.6 Å². The van der Waals surface area contributed by atoms with Crippen molar-refractivity contribution in [1.29, 1.82) is 0 Å². The van der Waals surface area contributed by atoms with E-state index in [0.29, 0.717) is 39.1 Å². The van der Waals surface area contributed by atoms with Gasteiger partial charge in [0.05, 0.1) is 4.90 Å². The second-order valence-electron chi connectivity index (χ2n) is 8.53. The van der Waals surface area contributed by atoms with E-state index in [4.69, 9.17) is 4.74 Å². The number of nitrogens with one attached hydrogen (secondary N) is 2. The van der Waals surface area contributed by atoms with Gasteiger partial charge in [0.15, 0.2) is 9.84 Å². The molecule has 0 radical (unpaired) electrons. The third-order valence-electron chi connectivity index (χ3n) is 5.80. The van der Waals surface area contributed by atoms with E-state index in [-0.39, 0.29) is 22.4 Å². The van der Waals surface area contributed by atoms with Gasteiger partial charge in [0, 0.05) is 53.8 Å². The highest BCUT2D eigenvalue weighted by Crippen LogP contribution is 2.38. The Morgan fingerprint density at radius 1 is 1.12 bits per heavy atom. The van der Waals surface area contributed by atoms with Crippen LogP contribution in [0.2, 0.25) is 0 Å². The number of aromatic nitrogens is 2. The highest BCUT2D eigenvalue weighted by Gasteiger charge is 2.24. The second-order valence-corrected chi connectivity index (χ2v) is 10.5. The molecule has 1 fully saturated rings. The van der Waals surface area contributed by atoms with Gasteiger partial charge >= 0.3 is 0 Å². The molecule has 174 valence electrons. The Morgan fingerprint density at radius 3 is 2.65 bits per heavy atom. The number of H-pyrrole nitrogens is 1. The first kappa shape index (κ1) is 22.0. The molecule has 2 aromatic heterocycles. The summed E-state index contributed by atoms with van der Waals surface area (Å²) in [6.45, 7) is 0. The second kappa shape index (κ2) is 8.18. The van der Waals surface area contributed by atoms with Gasteiger partial charge in [-0.25, -0.2) is 8.42 Å². The molecule has 4 aromatic rings. The van der Waals surface area contributed by atoms with Crippen LogP contribution in [0.25, 0.3) is 22.0 Å². The summed E-state index contributed by atoms with van der Waals surface area (Å²) in [6, 6.07) is 13.5. The standard InChI is InChI=1S/C25H23N3O5S/c1-28-14-21(19-10-11-26-23(19)25(28)30)20-13-18(34(2,31)32)8-9-22(20)33-17-5-3-4-15(12-17)24(29)27-16-6-7-16/h3-5,8-14,16,26H,6-7H2,1-2H3,(H,27,29). The molecule has 34 heavy (non-hydrogen) atoms. The van der Waals surface area contributed by atoms with Crippen molar-refractivity contribution in [1.82, 2.24) is 14.9 Å². The predicted octanol–water partition coefficient (Wildman–Crippen LogP) is 3.62. The normalized spacial score (nSPS) is 13.7. The fraction of sp³-hybridized carbons (Fsp3) is 0.200. The Labute approximate surface area is 196 Å². The zero-order valence-corrected chi connectivity index (χ0v) is 19.5. The molecule has 0 saturated heterocycles. The summed E-state index contributed by atoms with van der Waals surface area (Å²) < 4.78 is 32.2. The Bertz CT molecular complexity index is 1600. The summed E-state index contributed by atoms with van der Waals surface area (Å²) in [5, 5.41) is 3.60. The molecule has 0 atom stereocenters. The number of hydrogen-bond acceptors (Lipinski definition) is 5. The molecule has 8 nitrogen and oxygen atoms in total. The summed E-state index contributed by atoms with van der Waals surface area (Å²) in [7, 11) is -1.86. The first-order valence-electron chi connectivity index (χ1n) is 10.8. The third kappa shape index (κ3) is 4.22. The molecular weight excluding hydrogens is 454 g/mol. The van der Waals surface area contributed by atoms with Gasteiger partial charge in [-0.1, -0.05) is 6.07 Å². The number of benzene rings is 2. The number of carbonyl (C=O) groups is 1. The van der Waals surface area contributed by atoms with Crippen LogP contribution in [-0.2, 0) is 16.9 Å². The van der Waals surface area contributed by atoms with E-state index in [1.54, 1.807) is 61.9 Å². The lowest BCUT2D eigenvalue weighted by Gasteiger charge is -2.15. The monoisotopic (exact) mass is 477 g/mol. The molecule has 2 aromatic carbocycles. The number of fused-ring (bicyclic) bond motifs is 1. The molecule has 0 bridgehead atoms. The van der Waals surface area contributed by atoms with Gasteiger partial charge in [0.1, 0.15) is 17.0 Å². The van der Waals surface area contributed by atoms with Gasteiger partial charge in [-0.2, -0.15) is 0 Å². The van der Waals surface area contributed by atoms with E-state index >= 15 is 0 Å². The van der Waals surface area contributed by atoms with Crippen LogP contribution >= 0.6 is 0 Å². The summed E-state index contributed by atoms with van der Waals surface area (Å²) in [5.41, 5.74) is 1.85. The van der Waals surface area contributed by atoms with E-state index in [1.807, 2.05) is 0 Å². The highest BCUT2D eigenvalue weighted by molar-refractivity contribution is 7.90. The highest BCUT2D eigenvalue weighted by atomic mass is 32.2. The lowest BCUT2D eigenvalue weighted by molar-refractivity contribution is 0.0950. The minimum absolute atomic E-state index is 0.130. The number of carbonyl (C=O) groups excluding carboxylic acids is 1. The van der Waals surface area contributed by atoms with Crippen molar-refractivity contribution in [3.05, 3.63) is 76.8 Å². The lowest BCUT2D eigenvalue weighted by atomic mass is 10.0. The van der Waals surface area contributed by atoms with Crippen LogP contribution in [0.5, 0.6) is 11.5 Å². The third-order valence-corrected chi connectivity index (χ3v) is 6.91. The number of aryl methyl sites for hydroxylation is 1. The van der Waals surface area contributed by atoms with Gasteiger partial charge < -0.3 is 19.6 Å². The number of hydrogen-bond donors (Lipinski definition) is 2. The molecule has 9 heteroatoms. The summed E-state index contributed by atoms with van der Waals surface area (Å²) >= 11 is 0. The fourth-order valence-corrected chi connectivity index (χ4v) is 4.49. The zero-order valence-electron chi connectivity index (χ0n) is 18.7. The minimum atomic E-state index is -3.49. The molecule has 0 spiro atoms. The van der Waals surface area contributed by atoms with Crippen LogP contribution in [-0.4, -0.2) is 36.2 Å². The Kier molecular flexibility index (Phi) is 5.28. The molecule has 1 amide bonds. The first-order valence-corrected chi connectivity index (χ1v) is 12.7. The maximum absolute atomic E-state index is 12.5. The van der Waals surface area contributed by atoms with Crippen molar-refractivity contribution >= 4 is 26.6 Å². The zero-order chi connectivity index (χ0) is 24.0. The van der Waals surface area contributed by atoms with Crippen molar-refractivity contribution < 1.29 is 17.9 Å². The maximum Gasteiger partial charge on any atom is 0.274 e. The van der Waals surface area contributed by atoms with Crippen LogP contribution in [0.15, 0.2) is 70.6 Å². The van der Waals surface area contributed by atoms with E-state index < -0.39 is 9.84 Å². The van der Waals surface area contributed by atoms with Crippen molar-refractivity contribution in [3.8, 4) is 22.6 Å². The number of aromatic amines is 1. The Balaban J connectivity index is 1.62. The number of rotatable bonds is 6.